The molecule has 0 radical (unpaired) electrons. The van der Waals surface area contributed by atoms with Gasteiger partial charge in [0.25, 0.3) is 5.91 Å². The van der Waals surface area contributed by atoms with Gasteiger partial charge in [0.15, 0.2) is 5.17 Å². The summed E-state index contributed by atoms with van der Waals surface area (Å²) < 4.78 is 0. The van der Waals surface area contributed by atoms with Gasteiger partial charge in [0.1, 0.15) is 0 Å². The summed E-state index contributed by atoms with van der Waals surface area (Å²) in [6.45, 7) is 5.47. The Bertz CT molecular complexity index is 737. The van der Waals surface area contributed by atoms with Crippen LogP contribution in [0.5, 0.6) is 0 Å². The lowest BCUT2D eigenvalue weighted by Crippen LogP contribution is -2.32. The third kappa shape index (κ3) is 3.82. The van der Waals surface area contributed by atoms with Crippen LogP contribution in [0.25, 0.3) is 0 Å². The van der Waals surface area contributed by atoms with Gasteiger partial charge in [-0.2, -0.15) is 0 Å². The van der Waals surface area contributed by atoms with E-state index in [1.54, 1.807) is 16.7 Å². The molecule has 1 aliphatic rings. The predicted octanol–water partition coefficient (Wildman–Crippen LogP) is 4.05. The van der Waals surface area contributed by atoms with Gasteiger partial charge in [0.05, 0.1) is 6.54 Å². The molecule has 0 unspecified atom stereocenters. The maximum Gasteiger partial charge on any atom is 0.259 e. The molecule has 2 aromatic carbocycles. The predicted molar refractivity (Wildman–Crippen MR) is 97.0 cm³/mol. The fourth-order valence-corrected chi connectivity index (χ4v) is 3.53. The first-order valence-corrected chi connectivity index (χ1v) is 8.73. The van der Waals surface area contributed by atoms with Crippen LogP contribution in [-0.2, 0) is 5.75 Å². The molecular formula is C19H20N2OS. The van der Waals surface area contributed by atoms with Crippen molar-refractivity contribution < 1.29 is 4.79 Å². The molecule has 1 heterocycles. The van der Waals surface area contributed by atoms with Crippen LogP contribution in [0.15, 0.2) is 53.5 Å². The second-order valence-electron chi connectivity index (χ2n) is 5.76. The Labute approximate surface area is 141 Å². The molecule has 0 aliphatic carbocycles. The Balaban J connectivity index is 1.67. The summed E-state index contributed by atoms with van der Waals surface area (Å²) in [4.78, 5) is 19.0. The molecule has 1 aliphatic heterocycles. The average molecular weight is 324 g/mol. The monoisotopic (exact) mass is 324 g/mol. The van der Waals surface area contributed by atoms with Crippen LogP contribution in [0, 0.1) is 13.8 Å². The smallest absolute Gasteiger partial charge is 0.259 e. The number of benzene rings is 2. The lowest BCUT2D eigenvalue weighted by molar-refractivity contribution is 0.0860. The van der Waals surface area contributed by atoms with Crippen LogP contribution in [0.2, 0.25) is 0 Å². The number of nitrogens with zero attached hydrogens (tertiary/aromatic N) is 2. The van der Waals surface area contributed by atoms with Gasteiger partial charge in [0, 0.05) is 17.9 Å². The number of hydrogen-bond acceptors (Lipinski definition) is 3. The van der Waals surface area contributed by atoms with E-state index in [2.05, 4.69) is 36.2 Å². The van der Waals surface area contributed by atoms with Gasteiger partial charge in [-0.25, -0.2) is 0 Å². The highest BCUT2D eigenvalue weighted by atomic mass is 32.2. The molecule has 0 N–H and O–H groups in total. The number of amides is 1. The van der Waals surface area contributed by atoms with Gasteiger partial charge < -0.3 is 0 Å². The molecule has 0 bridgehead atoms. The number of hydrogen-bond donors (Lipinski definition) is 0. The van der Waals surface area contributed by atoms with Crippen molar-refractivity contribution >= 4 is 22.8 Å². The minimum absolute atomic E-state index is 0.0398. The maximum absolute atomic E-state index is 12.7. The lowest BCUT2D eigenvalue weighted by atomic mass is 10.1. The van der Waals surface area contributed by atoms with Crippen molar-refractivity contribution in [3.05, 3.63) is 70.8 Å². The van der Waals surface area contributed by atoms with Gasteiger partial charge in [0.2, 0.25) is 0 Å². The molecule has 0 saturated heterocycles. The Hall–Kier alpha value is -2.07. The largest absolute Gasteiger partial charge is 0.286 e. The number of amidine groups is 1. The number of rotatable bonds is 3. The van der Waals surface area contributed by atoms with E-state index in [9.17, 15) is 4.79 Å². The summed E-state index contributed by atoms with van der Waals surface area (Å²) in [5.41, 5.74) is 4.39. The first-order valence-electron chi connectivity index (χ1n) is 7.75. The van der Waals surface area contributed by atoms with Gasteiger partial charge in [-0.3, -0.25) is 14.7 Å². The molecule has 23 heavy (non-hydrogen) atoms. The van der Waals surface area contributed by atoms with E-state index in [0.29, 0.717) is 13.1 Å². The van der Waals surface area contributed by atoms with Crippen LogP contribution in [0.4, 0.5) is 0 Å². The zero-order valence-electron chi connectivity index (χ0n) is 13.5. The van der Waals surface area contributed by atoms with E-state index < -0.39 is 0 Å². The quantitative estimate of drug-likeness (QED) is 0.853. The fourth-order valence-electron chi connectivity index (χ4n) is 2.54. The molecule has 0 aromatic heterocycles. The third-order valence-electron chi connectivity index (χ3n) is 3.80. The van der Waals surface area contributed by atoms with Crippen molar-refractivity contribution in [2.24, 2.45) is 4.99 Å². The number of aryl methyl sites for hydroxylation is 2. The Morgan fingerprint density at radius 1 is 1.13 bits per heavy atom. The van der Waals surface area contributed by atoms with Crippen LogP contribution in [0.3, 0.4) is 0 Å². The third-order valence-corrected chi connectivity index (χ3v) is 4.88. The van der Waals surface area contributed by atoms with Gasteiger partial charge in [-0.1, -0.05) is 59.3 Å². The highest BCUT2D eigenvalue weighted by molar-refractivity contribution is 8.13. The molecule has 4 heteroatoms. The number of thioether (sulfide) groups is 1. The summed E-state index contributed by atoms with van der Waals surface area (Å²) in [5.74, 6) is 0.871. The van der Waals surface area contributed by atoms with Gasteiger partial charge in [-0.05, 0) is 31.5 Å². The second kappa shape index (κ2) is 7.01. The molecule has 0 saturated carbocycles. The maximum atomic E-state index is 12.7. The van der Waals surface area contributed by atoms with Crippen LogP contribution < -0.4 is 0 Å². The van der Waals surface area contributed by atoms with Crippen molar-refractivity contribution in [1.29, 1.82) is 0 Å². The molecule has 0 fully saturated rings. The van der Waals surface area contributed by atoms with Crippen molar-refractivity contribution in [2.45, 2.75) is 19.6 Å². The van der Waals surface area contributed by atoms with Crippen molar-refractivity contribution in [3.63, 3.8) is 0 Å². The first kappa shape index (κ1) is 15.8. The normalized spacial score (nSPS) is 14.0. The topological polar surface area (TPSA) is 32.7 Å². The molecule has 3 rings (SSSR count). The number of aliphatic imine (C=N–C) groups is 1. The highest BCUT2D eigenvalue weighted by Crippen LogP contribution is 2.22. The Kier molecular flexibility index (Phi) is 4.82. The van der Waals surface area contributed by atoms with Crippen LogP contribution in [0.1, 0.15) is 27.0 Å². The molecule has 1 amide bonds. The van der Waals surface area contributed by atoms with Gasteiger partial charge >= 0.3 is 0 Å². The summed E-state index contributed by atoms with van der Waals surface area (Å²) in [6.07, 6.45) is 0. The van der Waals surface area contributed by atoms with Crippen molar-refractivity contribution in [3.8, 4) is 0 Å². The Morgan fingerprint density at radius 2 is 1.91 bits per heavy atom. The van der Waals surface area contributed by atoms with Crippen molar-refractivity contribution in [2.75, 3.05) is 13.1 Å². The summed E-state index contributed by atoms with van der Waals surface area (Å²) in [6, 6.07) is 16.2. The van der Waals surface area contributed by atoms with E-state index >= 15 is 0 Å². The van der Waals surface area contributed by atoms with E-state index in [1.807, 2.05) is 31.2 Å². The lowest BCUT2D eigenvalue weighted by Gasteiger charge is -2.18. The molecule has 118 valence electrons. The van der Waals surface area contributed by atoms with E-state index in [0.717, 1.165) is 22.0 Å². The number of carbonyl (C=O) groups excluding carboxylic acids is 1. The van der Waals surface area contributed by atoms with E-state index in [-0.39, 0.29) is 5.91 Å². The van der Waals surface area contributed by atoms with E-state index in [1.165, 1.54) is 11.1 Å². The summed E-state index contributed by atoms with van der Waals surface area (Å²) >= 11 is 1.64. The SMILES string of the molecule is Cc1ccc(C(=O)N2CCN=C2SCc2cccc(C)c2)cc1. The number of carbonyl (C=O) groups is 1. The van der Waals surface area contributed by atoms with Crippen LogP contribution >= 0.6 is 11.8 Å². The first-order chi connectivity index (χ1) is 11.1. The van der Waals surface area contributed by atoms with E-state index in [4.69, 9.17) is 0 Å². The molecule has 0 spiro atoms. The van der Waals surface area contributed by atoms with Gasteiger partial charge in [-0.15, -0.1) is 0 Å². The molecular weight excluding hydrogens is 304 g/mol. The molecule has 0 atom stereocenters. The molecule has 3 nitrogen and oxygen atoms in total. The minimum atomic E-state index is 0.0398. The fraction of sp³-hybridized carbons (Fsp3) is 0.263. The van der Waals surface area contributed by atoms with Crippen molar-refractivity contribution in [1.82, 2.24) is 4.90 Å². The van der Waals surface area contributed by atoms with Crippen LogP contribution in [-0.4, -0.2) is 29.1 Å². The summed E-state index contributed by atoms with van der Waals surface area (Å²) in [7, 11) is 0. The second-order valence-corrected chi connectivity index (χ2v) is 6.71. The average Bonchev–Trinajstić information content (AvgIpc) is 3.01. The zero-order valence-corrected chi connectivity index (χ0v) is 14.3. The highest BCUT2D eigenvalue weighted by Gasteiger charge is 2.24. The summed E-state index contributed by atoms with van der Waals surface area (Å²) in [5, 5.41) is 0.831. The minimum Gasteiger partial charge on any atom is -0.286 e. The zero-order chi connectivity index (χ0) is 16.2. The molecule has 2 aromatic rings. The standard InChI is InChI=1S/C19H20N2OS/c1-14-6-8-17(9-7-14)18(22)21-11-10-20-19(21)23-13-16-5-3-4-15(2)12-16/h3-9,12H,10-11,13H2,1-2H3. The Morgan fingerprint density at radius 3 is 2.65 bits per heavy atom.